The molecule has 1 aliphatic carbocycles. The molecule has 0 bridgehead atoms. The molecule has 0 atom stereocenters. The summed E-state index contributed by atoms with van der Waals surface area (Å²) in [4.78, 5) is 0. The molecule has 1 fully saturated rings. The second kappa shape index (κ2) is 1.50. The van der Waals surface area contributed by atoms with E-state index in [-0.39, 0.29) is 5.88 Å². The standard InChI is InChI=1S/C6H8N2O/c9-6-5(3-7-8-6)4-1-2-4/h3-4H,1-2H2,(H2,7,8,9). The first kappa shape index (κ1) is 4.85. The van der Waals surface area contributed by atoms with Crippen molar-refractivity contribution in [1.29, 1.82) is 0 Å². The van der Waals surface area contributed by atoms with E-state index in [0.29, 0.717) is 5.92 Å². The lowest BCUT2D eigenvalue weighted by Gasteiger charge is -1.86. The van der Waals surface area contributed by atoms with Gasteiger partial charge in [-0.1, -0.05) is 0 Å². The second-order valence-electron chi connectivity index (χ2n) is 2.44. The Balaban J connectivity index is 2.35. The van der Waals surface area contributed by atoms with Crippen molar-refractivity contribution in [2.75, 3.05) is 0 Å². The normalized spacial score (nSPS) is 18.2. The molecule has 1 aliphatic rings. The van der Waals surface area contributed by atoms with Crippen LogP contribution in [0.15, 0.2) is 6.20 Å². The first-order valence-electron chi connectivity index (χ1n) is 3.10. The Labute approximate surface area is 52.7 Å². The summed E-state index contributed by atoms with van der Waals surface area (Å²) in [7, 11) is 0. The van der Waals surface area contributed by atoms with Crippen molar-refractivity contribution in [3.63, 3.8) is 0 Å². The Morgan fingerprint density at radius 1 is 1.67 bits per heavy atom. The van der Waals surface area contributed by atoms with E-state index in [0.717, 1.165) is 5.56 Å². The maximum atomic E-state index is 9.02. The van der Waals surface area contributed by atoms with E-state index >= 15 is 0 Å². The van der Waals surface area contributed by atoms with Gasteiger partial charge in [-0.05, 0) is 18.8 Å². The van der Waals surface area contributed by atoms with E-state index in [1.807, 2.05) is 0 Å². The van der Waals surface area contributed by atoms with Crippen LogP contribution in [0, 0.1) is 0 Å². The third-order valence-corrected chi connectivity index (χ3v) is 1.67. The summed E-state index contributed by atoms with van der Waals surface area (Å²) in [6.07, 6.45) is 4.17. The van der Waals surface area contributed by atoms with Crippen LogP contribution < -0.4 is 0 Å². The maximum absolute atomic E-state index is 9.02. The zero-order valence-electron chi connectivity index (χ0n) is 4.96. The molecule has 0 aliphatic heterocycles. The van der Waals surface area contributed by atoms with Crippen molar-refractivity contribution in [3.05, 3.63) is 11.8 Å². The summed E-state index contributed by atoms with van der Waals surface area (Å²) < 4.78 is 0. The summed E-state index contributed by atoms with van der Waals surface area (Å²) in [5, 5.41) is 15.2. The molecular formula is C6H8N2O. The molecule has 1 saturated carbocycles. The van der Waals surface area contributed by atoms with Gasteiger partial charge in [0, 0.05) is 11.8 Å². The fourth-order valence-electron chi connectivity index (χ4n) is 0.987. The Bertz CT molecular complexity index is 215. The highest BCUT2D eigenvalue weighted by molar-refractivity contribution is 5.28. The Morgan fingerprint density at radius 3 is 2.89 bits per heavy atom. The van der Waals surface area contributed by atoms with Crippen LogP contribution in [0.1, 0.15) is 24.3 Å². The van der Waals surface area contributed by atoms with Gasteiger partial charge in [0.2, 0.25) is 5.88 Å². The van der Waals surface area contributed by atoms with E-state index in [2.05, 4.69) is 10.2 Å². The third-order valence-electron chi connectivity index (χ3n) is 1.67. The SMILES string of the molecule is Oc1n[nH]cc1C1CC1. The van der Waals surface area contributed by atoms with Crippen molar-refractivity contribution in [3.8, 4) is 5.88 Å². The number of rotatable bonds is 1. The van der Waals surface area contributed by atoms with Gasteiger partial charge in [0.25, 0.3) is 0 Å². The molecule has 48 valence electrons. The van der Waals surface area contributed by atoms with Crippen LogP contribution in [0.4, 0.5) is 0 Å². The van der Waals surface area contributed by atoms with E-state index < -0.39 is 0 Å². The molecule has 9 heavy (non-hydrogen) atoms. The van der Waals surface area contributed by atoms with Gasteiger partial charge in [-0.3, -0.25) is 5.10 Å². The van der Waals surface area contributed by atoms with Crippen LogP contribution in [-0.2, 0) is 0 Å². The molecule has 0 spiro atoms. The molecule has 2 rings (SSSR count). The van der Waals surface area contributed by atoms with E-state index in [1.54, 1.807) is 6.20 Å². The van der Waals surface area contributed by atoms with Crippen molar-refractivity contribution in [1.82, 2.24) is 10.2 Å². The van der Waals surface area contributed by atoms with Gasteiger partial charge in [-0.2, -0.15) is 0 Å². The average molecular weight is 124 g/mol. The largest absolute Gasteiger partial charge is 0.492 e. The van der Waals surface area contributed by atoms with E-state index in [4.69, 9.17) is 5.11 Å². The first-order chi connectivity index (χ1) is 4.38. The number of hydrogen-bond donors (Lipinski definition) is 2. The van der Waals surface area contributed by atoms with Gasteiger partial charge < -0.3 is 5.11 Å². The zero-order chi connectivity index (χ0) is 6.27. The van der Waals surface area contributed by atoms with Crippen LogP contribution in [0.3, 0.4) is 0 Å². The molecule has 0 amide bonds. The maximum Gasteiger partial charge on any atom is 0.233 e. The van der Waals surface area contributed by atoms with Crippen molar-refractivity contribution >= 4 is 0 Å². The highest BCUT2D eigenvalue weighted by Crippen LogP contribution is 2.42. The van der Waals surface area contributed by atoms with Gasteiger partial charge in [0.05, 0.1) is 0 Å². The number of aromatic hydroxyl groups is 1. The molecule has 3 nitrogen and oxygen atoms in total. The Morgan fingerprint density at radius 2 is 2.44 bits per heavy atom. The monoisotopic (exact) mass is 124 g/mol. The van der Waals surface area contributed by atoms with Crippen LogP contribution in [0.25, 0.3) is 0 Å². The topological polar surface area (TPSA) is 48.9 Å². The number of H-pyrrole nitrogens is 1. The summed E-state index contributed by atoms with van der Waals surface area (Å²) in [6.45, 7) is 0. The Hall–Kier alpha value is -0.990. The second-order valence-corrected chi connectivity index (χ2v) is 2.44. The van der Waals surface area contributed by atoms with Gasteiger partial charge in [-0.25, -0.2) is 0 Å². The van der Waals surface area contributed by atoms with Gasteiger partial charge in [-0.15, -0.1) is 5.10 Å². The molecule has 0 aromatic carbocycles. The highest BCUT2D eigenvalue weighted by atomic mass is 16.3. The minimum Gasteiger partial charge on any atom is -0.492 e. The molecule has 0 radical (unpaired) electrons. The van der Waals surface area contributed by atoms with E-state index in [1.165, 1.54) is 12.8 Å². The van der Waals surface area contributed by atoms with Crippen molar-refractivity contribution in [2.24, 2.45) is 0 Å². The predicted octanol–water partition coefficient (Wildman–Crippen LogP) is 0.993. The summed E-state index contributed by atoms with van der Waals surface area (Å²) >= 11 is 0. The molecule has 0 saturated heterocycles. The van der Waals surface area contributed by atoms with Crippen molar-refractivity contribution in [2.45, 2.75) is 18.8 Å². The number of nitrogens with zero attached hydrogens (tertiary/aromatic N) is 1. The predicted molar refractivity (Wildman–Crippen MR) is 32.2 cm³/mol. The number of hydrogen-bond acceptors (Lipinski definition) is 2. The van der Waals surface area contributed by atoms with E-state index in [9.17, 15) is 0 Å². The smallest absolute Gasteiger partial charge is 0.233 e. The van der Waals surface area contributed by atoms with Crippen LogP contribution in [0.2, 0.25) is 0 Å². The van der Waals surface area contributed by atoms with Gasteiger partial charge in [0.1, 0.15) is 0 Å². The summed E-state index contributed by atoms with van der Waals surface area (Å²) in [5.41, 5.74) is 0.981. The molecule has 1 heterocycles. The molecule has 2 N–H and O–H groups in total. The van der Waals surface area contributed by atoms with Crippen LogP contribution >= 0.6 is 0 Å². The quantitative estimate of drug-likeness (QED) is 0.586. The lowest BCUT2D eigenvalue weighted by atomic mass is 10.2. The lowest BCUT2D eigenvalue weighted by molar-refractivity contribution is 0.446. The van der Waals surface area contributed by atoms with Gasteiger partial charge >= 0.3 is 0 Å². The van der Waals surface area contributed by atoms with Crippen LogP contribution in [-0.4, -0.2) is 15.3 Å². The molecular weight excluding hydrogens is 116 g/mol. The van der Waals surface area contributed by atoms with Gasteiger partial charge in [0.15, 0.2) is 0 Å². The summed E-state index contributed by atoms with van der Waals surface area (Å²) in [5.74, 6) is 0.765. The first-order valence-corrected chi connectivity index (χ1v) is 3.10. The lowest BCUT2D eigenvalue weighted by Crippen LogP contribution is -1.72. The minimum absolute atomic E-state index is 0.178. The van der Waals surface area contributed by atoms with Crippen LogP contribution in [0.5, 0.6) is 5.88 Å². The number of aromatic amines is 1. The Kier molecular flexibility index (Phi) is 0.806. The minimum atomic E-state index is 0.178. The molecule has 1 aromatic heterocycles. The fraction of sp³-hybridized carbons (Fsp3) is 0.500. The average Bonchev–Trinajstić information content (AvgIpc) is 2.58. The number of aromatic nitrogens is 2. The summed E-state index contributed by atoms with van der Waals surface area (Å²) in [6, 6.07) is 0. The molecule has 0 unspecified atom stereocenters. The fourth-order valence-corrected chi connectivity index (χ4v) is 0.987. The zero-order valence-corrected chi connectivity index (χ0v) is 4.96. The molecule has 3 heteroatoms. The number of nitrogens with one attached hydrogen (secondary N) is 1. The highest BCUT2D eigenvalue weighted by Gasteiger charge is 2.27. The molecule has 1 aromatic rings. The third kappa shape index (κ3) is 0.686. The van der Waals surface area contributed by atoms with Crippen molar-refractivity contribution < 1.29 is 5.11 Å².